The number of nitrogens with two attached hydrogens (primary N) is 1. The highest BCUT2D eigenvalue weighted by molar-refractivity contribution is 5.85. The molecule has 24 nitrogen and oxygen atoms in total. The predicted octanol–water partition coefficient (Wildman–Crippen LogP) is 4.88. The van der Waals surface area contributed by atoms with Crippen molar-refractivity contribution in [1.29, 1.82) is 0 Å². The number of hydrogen-bond acceptors (Lipinski definition) is 18. The highest BCUT2D eigenvalue weighted by atomic mass is 19.1. The molecule has 1 saturated carbocycles. The Morgan fingerprint density at radius 3 is 2.08 bits per heavy atom. The van der Waals surface area contributed by atoms with Crippen LogP contribution in [0.1, 0.15) is 88.5 Å². The summed E-state index contributed by atoms with van der Waals surface area (Å²) in [4.78, 5) is 75.4. The molecule has 436 valence electrons. The van der Waals surface area contributed by atoms with Gasteiger partial charge in [0.05, 0.1) is 46.8 Å². The number of nitro groups is 2. The first kappa shape index (κ1) is 63.3. The van der Waals surface area contributed by atoms with E-state index in [2.05, 4.69) is 32.8 Å². The maximum Gasteiger partial charge on any atom is 0.407 e. The molecule has 2 fully saturated rings. The molecule has 6 rings (SSSR count). The standard InChI is InChI=1S/C47H64FN7O14.C8H9NO2/c1-6-31-19-40(67-25-47(31,5)62)69-42-37(53-44(60)38(57)17-18-50-45(49)65-23-30-11-13-32(14-12-30)55(63)64)21-36(54-46(61)66-24-29-9-7-26(2)8-10-29)34(41(42)58)20-39-35(52-28(4)56)16-15-33(68-39)22-51-27(3)43(48)59;1-2-7-3-5-8(6-4-7)9(10)11/h7-15,31,34-42,51,57-58,62H,3,6,16-25H2,1-2,4-5H3,(H2,49,50)(H,52,56)(H,53,60)(H,54,61);3-6H,2H2,1H3/t31-,34-,35-,36?,37-,38+,39-,40-,41+,42+,47+;/m1./s1. The number of benzene rings is 3. The molecular formula is C55H73FN8O16. The van der Waals surface area contributed by atoms with Crippen LogP contribution < -0.4 is 27.0 Å². The van der Waals surface area contributed by atoms with Crippen LogP contribution in [0.3, 0.4) is 0 Å². The SMILES string of the molecule is C=C(NCC1=CC[C@@H](NC(C)=O)[C@@H](C[C@@H]2C(NC(=O)OCc3ccc(C)cc3)C[C@@H](NC(=O)[C@@H](O)CCN=C(N)OCc3ccc([N+](=O)[O-])cc3)[C@H](O[C@@H]3C[C@@H](CC)[C@@](C)(O)CO3)[C@H]2O)O1)C(=O)F.CCc1ccc([N+](=O)[O-])cc1. The monoisotopic (exact) mass is 1120 g/mol. The van der Waals surface area contributed by atoms with Crippen molar-refractivity contribution in [1.82, 2.24) is 21.3 Å². The minimum Gasteiger partial charge on any atom is -0.491 e. The van der Waals surface area contributed by atoms with Gasteiger partial charge in [-0.3, -0.25) is 34.6 Å². The number of amidine groups is 1. The molecule has 1 saturated heterocycles. The average Bonchev–Trinajstić information content (AvgIpc) is 3.42. The third-order valence-electron chi connectivity index (χ3n) is 14.1. The summed E-state index contributed by atoms with van der Waals surface area (Å²) < 4.78 is 43.2. The summed E-state index contributed by atoms with van der Waals surface area (Å²) in [7, 11) is 0. The Bertz CT molecular complexity index is 2660. The fourth-order valence-corrected chi connectivity index (χ4v) is 9.41. The van der Waals surface area contributed by atoms with Crippen LogP contribution in [0.15, 0.2) is 102 Å². The fourth-order valence-electron chi connectivity index (χ4n) is 9.41. The van der Waals surface area contributed by atoms with E-state index in [-0.39, 0.29) is 99.2 Å². The second kappa shape index (κ2) is 30.1. The molecule has 0 bridgehead atoms. The summed E-state index contributed by atoms with van der Waals surface area (Å²) in [6.07, 6.45) is -3.83. The van der Waals surface area contributed by atoms with E-state index in [1.807, 2.05) is 32.9 Å². The first-order valence-corrected chi connectivity index (χ1v) is 26.3. The fraction of sp³-hybridized carbons (Fsp3) is 0.509. The van der Waals surface area contributed by atoms with E-state index >= 15 is 0 Å². The van der Waals surface area contributed by atoms with Gasteiger partial charge in [-0.05, 0) is 80.3 Å². The van der Waals surface area contributed by atoms with Crippen LogP contribution in [0.5, 0.6) is 0 Å². The molecule has 9 N–H and O–H groups in total. The first-order valence-electron chi connectivity index (χ1n) is 26.3. The van der Waals surface area contributed by atoms with Gasteiger partial charge in [-0.25, -0.2) is 9.79 Å². The topological polar surface area (TPSA) is 348 Å². The number of aliphatic imine (C=N–C) groups is 1. The summed E-state index contributed by atoms with van der Waals surface area (Å²) in [6, 6.07) is 14.9. The Morgan fingerprint density at radius 1 is 0.900 bits per heavy atom. The van der Waals surface area contributed by atoms with Crippen molar-refractivity contribution in [3.05, 3.63) is 139 Å². The Labute approximate surface area is 462 Å². The molecule has 11 atom stereocenters. The minimum atomic E-state index is -1.76. The minimum absolute atomic E-state index is 0.0397. The number of aliphatic hydroxyl groups excluding tert-OH is 2. The van der Waals surface area contributed by atoms with E-state index in [9.17, 15) is 59.1 Å². The number of carbonyl (C=O) groups excluding carboxylic acids is 4. The zero-order chi connectivity index (χ0) is 58.7. The maximum atomic E-state index is 13.8. The Kier molecular flexibility index (Phi) is 23.8. The van der Waals surface area contributed by atoms with Crippen molar-refractivity contribution in [2.24, 2.45) is 22.6 Å². The number of aryl methyl sites for hydroxylation is 2. The lowest BCUT2D eigenvalue weighted by Gasteiger charge is -2.48. The zero-order valence-electron chi connectivity index (χ0n) is 45.4. The molecular weight excluding hydrogens is 1050 g/mol. The number of nitrogens with one attached hydrogen (secondary N) is 4. The molecule has 3 aromatic rings. The number of non-ortho nitro benzene ring substituents is 2. The van der Waals surface area contributed by atoms with Crippen LogP contribution in [-0.2, 0) is 57.7 Å². The quantitative estimate of drug-likeness (QED) is 0.0157. The van der Waals surface area contributed by atoms with Gasteiger partial charge in [-0.15, -0.1) is 0 Å². The van der Waals surface area contributed by atoms with E-state index in [0.29, 0.717) is 23.3 Å². The molecule has 3 amide bonds. The second-order valence-electron chi connectivity index (χ2n) is 20.1. The summed E-state index contributed by atoms with van der Waals surface area (Å²) >= 11 is 0. The van der Waals surface area contributed by atoms with Gasteiger partial charge in [0, 0.05) is 62.5 Å². The number of rotatable bonds is 23. The maximum absolute atomic E-state index is 13.8. The van der Waals surface area contributed by atoms with Crippen molar-refractivity contribution in [3.63, 3.8) is 0 Å². The molecule has 1 unspecified atom stereocenters. The van der Waals surface area contributed by atoms with Crippen LogP contribution in [0, 0.1) is 39.0 Å². The molecule has 0 radical (unpaired) electrons. The number of halogens is 1. The number of aliphatic hydroxyl groups is 3. The lowest BCUT2D eigenvalue weighted by molar-refractivity contribution is -0.385. The second-order valence-corrected chi connectivity index (χ2v) is 20.1. The number of ether oxygens (including phenoxy) is 5. The molecule has 3 aliphatic rings. The van der Waals surface area contributed by atoms with Gasteiger partial charge in [0.25, 0.3) is 17.4 Å². The van der Waals surface area contributed by atoms with Gasteiger partial charge in [0.1, 0.15) is 43.0 Å². The van der Waals surface area contributed by atoms with E-state index in [4.69, 9.17) is 29.4 Å². The van der Waals surface area contributed by atoms with Crippen molar-refractivity contribution in [3.8, 4) is 0 Å². The highest BCUT2D eigenvalue weighted by Crippen LogP contribution is 2.38. The lowest BCUT2D eigenvalue weighted by atomic mass is 9.73. The van der Waals surface area contributed by atoms with Crippen molar-refractivity contribution in [2.75, 3.05) is 19.7 Å². The van der Waals surface area contributed by atoms with Crippen LogP contribution in [0.25, 0.3) is 0 Å². The van der Waals surface area contributed by atoms with Gasteiger partial charge in [-0.1, -0.05) is 68.8 Å². The summed E-state index contributed by atoms with van der Waals surface area (Å²) in [5, 5.41) is 66.9. The number of alkyl carbamates (subject to hydrolysis) is 1. The molecule has 0 spiro atoms. The van der Waals surface area contributed by atoms with Crippen molar-refractivity contribution >= 4 is 41.3 Å². The van der Waals surface area contributed by atoms with Gasteiger partial charge < -0.3 is 66.0 Å². The Balaban J connectivity index is 0.000000951. The third-order valence-corrected chi connectivity index (χ3v) is 14.1. The molecule has 2 heterocycles. The van der Waals surface area contributed by atoms with Crippen LogP contribution in [0.4, 0.5) is 20.6 Å². The largest absolute Gasteiger partial charge is 0.491 e. The van der Waals surface area contributed by atoms with Gasteiger partial charge in [0.2, 0.25) is 11.8 Å². The smallest absolute Gasteiger partial charge is 0.407 e. The van der Waals surface area contributed by atoms with Gasteiger partial charge in [-0.2, -0.15) is 4.39 Å². The highest BCUT2D eigenvalue weighted by Gasteiger charge is 2.50. The van der Waals surface area contributed by atoms with Crippen LogP contribution in [-0.4, -0.2) is 129 Å². The number of nitro benzene ring substituents is 2. The van der Waals surface area contributed by atoms with Gasteiger partial charge >= 0.3 is 12.1 Å². The summed E-state index contributed by atoms with van der Waals surface area (Å²) in [5.74, 6) is -2.15. The number of amides is 3. The van der Waals surface area contributed by atoms with E-state index in [1.54, 1.807) is 37.3 Å². The van der Waals surface area contributed by atoms with Crippen LogP contribution >= 0.6 is 0 Å². The Hall–Kier alpha value is -7.58. The first-order chi connectivity index (χ1) is 38.0. The number of carbonyl (C=O) groups is 4. The lowest BCUT2D eigenvalue weighted by Crippen LogP contribution is -2.65. The predicted molar refractivity (Wildman–Crippen MR) is 288 cm³/mol. The molecule has 80 heavy (non-hydrogen) atoms. The van der Waals surface area contributed by atoms with E-state index < -0.39 is 89.0 Å². The molecule has 3 aromatic carbocycles. The van der Waals surface area contributed by atoms with E-state index in [0.717, 1.165) is 17.5 Å². The third kappa shape index (κ3) is 19.4. The number of nitrogens with zero attached hydrogens (tertiary/aromatic N) is 3. The Morgan fingerprint density at radius 2 is 1.50 bits per heavy atom. The summed E-state index contributed by atoms with van der Waals surface area (Å²) in [6.45, 7) is 11.7. The van der Waals surface area contributed by atoms with Crippen molar-refractivity contribution in [2.45, 2.75) is 147 Å². The van der Waals surface area contributed by atoms with Crippen molar-refractivity contribution < 1.29 is 72.4 Å². The summed E-state index contributed by atoms with van der Waals surface area (Å²) in [5.41, 5.74) is 7.72. The molecule has 0 aromatic heterocycles. The number of allylic oxidation sites excluding steroid dienone is 1. The van der Waals surface area contributed by atoms with Crippen LogP contribution in [0.2, 0.25) is 0 Å². The van der Waals surface area contributed by atoms with E-state index in [1.165, 1.54) is 43.3 Å². The molecule has 25 heteroatoms. The zero-order valence-corrected chi connectivity index (χ0v) is 45.4. The normalized spacial score (nSPS) is 24.9. The average molecular weight is 1120 g/mol. The van der Waals surface area contributed by atoms with Gasteiger partial charge in [0.15, 0.2) is 6.29 Å². The number of hydrogen-bond donors (Lipinski definition) is 8. The molecule has 2 aliphatic heterocycles. The molecule has 1 aliphatic carbocycles.